The number of fused-ring (bicyclic) bond motifs is 2. The number of sulfonamides is 1. The minimum atomic E-state index is -3.91. The molecule has 0 saturated heterocycles. The van der Waals surface area contributed by atoms with Crippen molar-refractivity contribution in [3.8, 4) is 11.4 Å². The molecule has 242 valence electrons. The maximum absolute atomic E-state index is 14.2. The van der Waals surface area contributed by atoms with Gasteiger partial charge in [-0.3, -0.25) is 14.0 Å². The van der Waals surface area contributed by atoms with E-state index in [-0.39, 0.29) is 57.3 Å². The smallest absolute Gasteiger partial charge is 0.267 e. The molecule has 0 aliphatic heterocycles. The van der Waals surface area contributed by atoms with E-state index in [4.69, 9.17) is 22.1 Å². The zero-order valence-electron chi connectivity index (χ0n) is 25.4. The number of ether oxygens (including phenoxy) is 1. The standard InChI is InChI=1S/C32H28ClF2N7O4S/c1-40-28-26(11-10-24(33)27(28)31(39-40)41(47(3,44)45)17-18-6-8-22(46-2)9-7-18)42-30(38-29-23(32(42)43)5-4-12-37-29)25(36)15-19-13-20(34)16-21(35)14-19/h4-14,16,25H,15,17,36H2,1-3H3. The van der Waals surface area contributed by atoms with Crippen molar-refractivity contribution in [2.75, 3.05) is 17.7 Å². The number of hydrogen-bond acceptors (Lipinski definition) is 8. The van der Waals surface area contributed by atoms with Crippen molar-refractivity contribution >= 4 is 49.4 Å². The van der Waals surface area contributed by atoms with E-state index < -0.39 is 33.3 Å². The highest BCUT2D eigenvalue weighted by Gasteiger charge is 2.29. The number of methoxy groups -OCH3 is 1. The molecule has 11 nitrogen and oxygen atoms in total. The van der Waals surface area contributed by atoms with Gasteiger partial charge in [0.05, 0.1) is 53.0 Å². The minimum Gasteiger partial charge on any atom is -0.497 e. The first kappa shape index (κ1) is 32.0. The molecule has 15 heteroatoms. The van der Waals surface area contributed by atoms with E-state index in [1.807, 2.05) is 0 Å². The van der Waals surface area contributed by atoms with Crippen LogP contribution in [0.3, 0.4) is 0 Å². The van der Waals surface area contributed by atoms with Crippen molar-refractivity contribution in [3.63, 3.8) is 0 Å². The third kappa shape index (κ3) is 6.14. The van der Waals surface area contributed by atoms with Crippen LogP contribution in [0.15, 0.2) is 77.7 Å². The second kappa shape index (κ2) is 12.4. The van der Waals surface area contributed by atoms with Crippen LogP contribution in [0.1, 0.15) is 23.0 Å². The molecule has 0 amide bonds. The van der Waals surface area contributed by atoms with Crippen LogP contribution in [0, 0.1) is 11.6 Å². The van der Waals surface area contributed by atoms with Gasteiger partial charge in [0, 0.05) is 19.3 Å². The lowest BCUT2D eigenvalue weighted by molar-refractivity contribution is 0.414. The summed E-state index contributed by atoms with van der Waals surface area (Å²) in [6.45, 7) is -0.0705. The fourth-order valence-corrected chi connectivity index (χ4v) is 6.59. The van der Waals surface area contributed by atoms with Crippen molar-refractivity contribution in [2.24, 2.45) is 12.8 Å². The molecule has 2 N–H and O–H groups in total. The maximum Gasteiger partial charge on any atom is 0.267 e. The molecule has 0 spiro atoms. The second-order valence-electron chi connectivity index (χ2n) is 10.9. The number of benzene rings is 3. The zero-order chi connectivity index (χ0) is 33.6. The number of halogens is 3. The topological polar surface area (TPSA) is 138 Å². The summed E-state index contributed by atoms with van der Waals surface area (Å²) in [6, 6.07) is 15.2. The van der Waals surface area contributed by atoms with Crippen LogP contribution in [0.4, 0.5) is 14.6 Å². The van der Waals surface area contributed by atoms with E-state index in [1.54, 1.807) is 49.5 Å². The van der Waals surface area contributed by atoms with Crippen molar-refractivity contribution in [1.82, 2.24) is 24.3 Å². The number of aromatic nitrogens is 5. The van der Waals surface area contributed by atoms with Gasteiger partial charge in [-0.15, -0.1) is 0 Å². The predicted molar refractivity (Wildman–Crippen MR) is 175 cm³/mol. The number of hydrogen-bond donors (Lipinski definition) is 1. The second-order valence-corrected chi connectivity index (χ2v) is 13.2. The average molecular weight is 680 g/mol. The van der Waals surface area contributed by atoms with Crippen LogP contribution < -0.4 is 20.3 Å². The Bertz CT molecular complexity index is 2310. The van der Waals surface area contributed by atoms with E-state index in [0.29, 0.717) is 16.8 Å². The monoisotopic (exact) mass is 679 g/mol. The van der Waals surface area contributed by atoms with Crippen LogP contribution >= 0.6 is 11.6 Å². The van der Waals surface area contributed by atoms with Gasteiger partial charge in [0.25, 0.3) is 5.56 Å². The Morgan fingerprint density at radius 1 is 1.04 bits per heavy atom. The lowest BCUT2D eigenvalue weighted by Crippen LogP contribution is -2.30. The van der Waals surface area contributed by atoms with E-state index in [9.17, 15) is 22.0 Å². The Balaban J connectivity index is 1.57. The SMILES string of the molecule is COc1ccc(CN(c2nn(C)c3c(-n4c(C(N)Cc5cc(F)cc(F)c5)nc5ncccc5c4=O)ccc(Cl)c23)S(C)(=O)=O)cc1. The number of aryl methyl sites for hydroxylation is 1. The molecule has 6 rings (SSSR count). The predicted octanol–water partition coefficient (Wildman–Crippen LogP) is 4.82. The molecule has 0 radical (unpaired) electrons. The van der Waals surface area contributed by atoms with Gasteiger partial charge in [0.15, 0.2) is 11.5 Å². The van der Waals surface area contributed by atoms with Crippen molar-refractivity contribution < 1.29 is 21.9 Å². The van der Waals surface area contributed by atoms with Crippen LogP contribution in [0.2, 0.25) is 5.02 Å². The van der Waals surface area contributed by atoms with Crippen molar-refractivity contribution in [2.45, 2.75) is 19.0 Å². The largest absolute Gasteiger partial charge is 0.497 e. The summed E-state index contributed by atoms with van der Waals surface area (Å²) in [7, 11) is -0.783. The first-order valence-electron chi connectivity index (χ1n) is 14.2. The quantitative estimate of drug-likeness (QED) is 0.230. The first-order chi connectivity index (χ1) is 22.3. The molecule has 3 heterocycles. The summed E-state index contributed by atoms with van der Waals surface area (Å²) in [6.07, 6.45) is 2.47. The van der Waals surface area contributed by atoms with Crippen molar-refractivity contribution in [3.05, 3.63) is 117 Å². The first-order valence-corrected chi connectivity index (χ1v) is 16.4. The normalized spacial score (nSPS) is 12.5. The number of nitrogens with zero attached hydrogens (tertiary/aromatic N) is 6. The number of anilines is 1. The van der Waals surface area contributed by atoms with Gasteiger partial charge in [-0.1, -0.05) is 23.7 Å². The Labute approximate surface area is 272 Å². The van der Waals surface area contributed by atoms with Crippen molar-refractivity contribution in [1.29, 1.82) is 0 Å². The Morgan fingerprint density at radius 3 is 2.40 bits per heavy atom. The molecular weight excluding hydrogens is 652 g/mol. The van der Waals surface area contributed by atoms with Crippen LogP contribution in [0.25, 0.3) is 27.6 Å². The molecule has 0 saturated carbocycles. The summed E-state index contributed by atoms with van der Waals surface area (Å²) in [5, 5.41) is 5.20. The van der Waals surface area contributed by atoms with Gasteiger partial charge < -0.3 is 10.5 Å². The lowest BCUT2D eigenvalue weighted by Gasteiger charge is -2.21. The number of nitrogens with two attached hydrogens (primary N) is 1. The third-order valence-corrected chi connectivity index (χ3v) is 9.06. The molecule has 6 aromatic rings. The highest BCUT2D eigenvalue weighted by molar-refractivity contribution is 7.92. The van der Waals surface area contributed by atoms with Gasteiger partial charge in [-0.05, 0) is 66.1 Å². The van der Waals surface area contributed by atoms with E-state index >= 15 is 0 Å². The molecule has 3 aromatic carbocycles. The summed E-state index contributed by atoms with van der Waals surface area (Å²) in [4.78, 5) is 23.0. The molecule has 0 aliphatic rings. The molecular formula is C32H28ClF2N7O4S. The fraction of sp³-hybridized carbons (Fsp3) is 0.188. The summed E-state index contributed by atoms with van der Waals surface area (Å²) < 4.78 is 63.6. The van der Waals surface area contributed by atoms with Gasteiger partial charge in [0.2, 0.25) is 10.0 Å². The summed E-state index contributed by atoms with van der Waals surface area (Å²) in [5.41, 5.74) is 7.70. The number of pyridine rings is 1. The van der Waals surface area contributed by atoms with E-state index in [0.717, 1.165) is 28.8 Å². The highest BCUT2D eigenvalue weighted by atomic mass is 35.5. The Kier molecular flexibility index (Phi) is 8.42. The Hall–Kier alpha value is -4.92. The fourth-order valence-electron chi connectivity index (χ4n) is 5.53. The molecule has 0 aliphatic carbocycles. The van der Waals surface area contributed by atoms with Crippen LogP contribution in [-0.2, 0) is 30.0 Å². The zero-order valence-corrected chi connectivity index (χ0v) is 26.9. The molecule has 47 heavy (non-hydrogen) atoms. The van der Waals surface area contributed by atoms with Gasteiger partial charge in [-0.2, -0.15) is 5.10 Å². The minimum absolute atomic E-state index is 0.0391. The third-order valence-electron chi connectivity index (χ3n) is 7.64. The molecule has 1 atom stereocenters. The molecule has 0 fully saturated rings. The van der Waals surface area contributed by atoms with Gasteiger partial charge in [0.1, 0.15) is 23.2 Å². The lowest BCUT2D eigenvalue weighted by atomic mass is 10.0. The number of rotatable bonds is 9. The molecule has 0 bridgehead atoms. The summed E-state index contributed by atoms with van der Waals surface area (Å²) in [5.74, 6) is -0.848. The van der Waals surface area contributed by atoms with E-state index in [1.165, 1.54) is 28.6 Å². The van der Waals surface area contributed by atoms with Crippen LogP contribution in [-0.4, -0.2) is 46.1 Å². The molecule has 3 aromatic heterocycles. The Morgan fingerprint density at radius 2 is 1.74 bits per heavy atom. The maximum atomic E-state index is 14.2. The van der Waals surface area contributed by atoms with E-state index in [2.05, 4.69) is 15.1 Å². The van der Waals surface area contributed by atoms with Crippen LogP contribution in [0.5, 0.6) is 5.75 Å². The molecule has 1 unspecified atom stereocenters. The average Bonchev–Trinajstić information content (AvgIpc) is 3.37. The highest BCUT2D eigenvalue weighted by Crippen LogP contribution is 2.38. The van der Waals surface area contributed by atoms with Gasteiger partial charge in [-0.25, -0.2) is 31.5 Å². The summed E-state index contributed by atoms with van der Waals surface area (Å²) >= 11 is 6.75. The van der Waals surface area contributed by atoms with Gasteiger partial charge >= 0.3 is 0 Å².